The quantitative estimate of drug-likeness (QED) is 0.828. The Labute approximate surface area is 138 Å². The predicted octanol–water partition coefficient (Wildman–Crippen LogP) is 4.74. The molecule has 1 aromatic carbocycles. The lowest BCUT2D eigenvalue weighted by molar-refractivity contribution is 0.341. The van der Waals surface area contributed by atoms with Crippen LogP contribution < -0.4 is 10.6 Å². The molecule has 118 valence electrons. The summed E-state index contributed by atoms with van der Waals surface area (Å²) < 4.78 is 1.19. The standard InChI is InChI=1S/C18H29BrN2/c1-4-15(20)11-14-7-10-17(12-18(14)19)21(3)16-8-5-13(2)6-9-16/h7,10,12-13,15-16H,4-6,8-9,11,20H2,1-3H3. The van der Waals surface area contributed by atoms with Crippen LogP contribution >= 0.6 is 15.9 Å². The Morgan fingerprint density at radius 2 is 1.95 bits per heavy atom. The maximum atomic E-state index is 6.07. The lowest BCUT2D eigenvalue weighted by Gasteiger charge is -2.35. The molecule has 2 rings (SSSR count). The summed E-state index contributed by atoms with van der Waals surface area (Å²) in [4.78, 5) is 2.46. The van der Waals surface area contributed by atoms with E-state index >= 15 is 0 Å². The largest absolute Gasteiger partial charge is 0.372 e. The molecule has 0 bridgehead atoms. The molecule has 0 aliphatic heterocycles. The van der Waals surface area contributed by atoms with Gasteiger partial charge in [0, 0.05) is 29.3 Å². The van der Waals surface area contributed by atoms with E-state index in [-0.39, 0.29) is 6.04 Å². The highest BCUT2D eigenvalue weighted by Crippen LogP contribution is 2.31. The Morgan fingerprint density at radius 1 is 1.29 bits per heavy atom. The SMILES string of the molecule is CCC(N)Cc1ccc(N(C)C2CCC(C)CC2)cc1Br. The molecule has 2 N–H and O–H groups in total. The van der Waals surface area contributed by atoms with Crippen LogP contribution in [0.15, 0.2) is 22.7 Å². The van der Waals surface area contributed by atoms with E-state index in [0.717, 1.165) is 18.8 Å². The van der Waals surface area contributed by atoms with E-state index in [1.165, 1.54) is 41.4 Å². The molecule has 0 saturated heterocycles. The van der Waals surface area contributed by atoms with Crippen LogP contribution in [0.5, 0.6) is 0 Å². The Balaban J connectivity index is 2.05. The fourth-order valence-corrected chi connectivity index (χ4v) is 3.72. The highest BCUT2D eigenvalue weighted by Gasteiger charge is 2.22. The van der Waals surface area contributed by atoms with Gasteiger partial charge in [-0.2, -0.15) is 0 Å². The molecule has 21 heavy (non-hydrogen) atoms. The van der Waals surface area contributed by atoms with Crippen molar-refractivity contribution in [2.45, 2.75) is 64.5 Å². The van der Waals surface area contributed by atoms with Crippen LogP contribution in [0, 0.1) is 5.92 Å². The molecule has 1 saturated carbocycles. The molecule has 2 nitrogen and oxygen atoms in total. The molecular weight excluding hydrogens is 324 g/mol. The molecule has 1 aliphatic carbocycles. The normalized spacial score (nSPS) is 23.9. The van der Waals surface area contributed by atoms with E-state index in [4.69, 9.17) is 5.73 Å². The average Bonchev–Trinajstić information content (AvgIpc) is 2.49. The average molecular weight is 353 g/mol. The topological polar surface area (TPSA) is 29.3 Å². The van der Waals surface area contributed by atoms with Crippen LogP contribution in [0.2, 0.25) is 0 Å². The van der Waals surface area contributed by atoms with Crippen molar-refractivity contribution in [3.8, 4) is 0 Å². The van der Waals surface area contributed by atoms with Gasteiger partial charge in [0.25, 0.3) is 0 Å². The minimum absolute atomic E-state index is 0.254. The maximum Gasteiger partial charge on any atom is 0.0377 e. The third kappa shape index (κ3) is 4.46. The number of anilines is 1. The predicted molar refractivity (Wildman–Crippen MR) is 95.9 cm³/mol. The fourth-order valence-electron chi connectivity index (χ4n) is 3.19. The van der Waals surface area contributed by atoms with Crippen molar-refractivity contribution < 1.29 is 0 Å². The van der Waals surface area contributed by atoms with Gasteiger partial charge in [-0.1, -0.05) is 35.8 Å². The summed E-state index contributed by atoms with van der Waals surface area (Å²) in [5, 5.41) is 0. The number of nitrogens with zero attached hydrogens (tertiary/aromatic N) is 1. The molecule has 1 unspecified atom stereocenters. The van der Waals surface area contributed by atoms with Crippen molar-refractivity contribution in [2.24, 2.45) is 11.7 Å². The lowest BCUT2D eigenvalue weighted by Crippen LogP contribution is -2.34. The Bertz CT molecular complexity index is 453. The summed E-state index contributed by atoms with van der Waals surface area (Å²) in [6.07, 6.45) is 7.32. The molecule has 1 atom stereocenters. The zero-order chi connectivity index (χ0) is 15.4. The van der Waals surface area contributed by atoms with Gasteiger partial charge in [-0.3, -0.25) is 0 Å². The van der Waals surface area contributed by atoms with Crippen molar-refractivity contribution in [1.82, 2.24) is 0 Å². The Kier molecular flexibility index (Phi) is 6.12. The number of hydrogen-bond donors (Lipinski definition) is 1. The summed E-state index contributed by atoms with van der Waals surface area (Å²) in [5.74, 6) is 0.902. The van der Waals surface area contributed by atoms with Gasteiger partial charge in [-0.05, 0) is 62.1 Å². The highest BCUT2D eigenvalue weighted by molar-refractivity contribution is 9.10. The zero-order valence-corrected chi connectivity index (χ0v) is 15.2. The molecule has 0 spiro atoms. The summed E-state index contributed by atoms with van der Waals surface area (Å²) in [5.41, 5.74) is 8.70. The molecule has 1 fully saturated rings. The first-order valence-corrected chi connectivity index (χ1v) is 9.07. The van der Waals surface area contributed by atoms with Crippen molar-refractivity contribution in [3.63, 3.8) is 0 Å². The highest BCUT2D eigenvalue weighted by atomic mass is 79.9. The summed E-state index contributed by atoms with van der Waals surface area (Å²) in [7, 11) is 2.24. The van der Waals surface area contributed by atoms with Crippen LogP contribution in [0.4, 0.5) is 5.69 Å². The lowest BCUT2D eigenvalue weighted by atomic mass is 9.86. The number of benzene rings is 1. The Hall–Kier alpha value is -0.540. The first kappa shape index (κ1) is 16.8. The van der Waals surface area contributed by atoms with Gasteiger partial charge in [-0.15, -0.1) is 0 Å². The molecule has 0 heterocycles. The van der Waals surface area contributed by atoms with Gasteiger partial charge in [0.15, 0.2) is 0 Å². The zero-order valence-electron chi connectivity index (χ0n) is 13.6. The van der Waals surface area contributed by atoms with Crippen molar-refractivity contribution >= 4 is 21.6 Å². The van der Waals surface area contributed by atoms with E-state index in [9.17, 15) is 0 Å². The van der Waals surface area contributed by atoms with Crippen LogP contribution in [0.25, 0.3) is 0 Å². The minimum atomic E-state index is 0.254. The van der Waals surface area contributed by atoms with E-state index in [0.29, 0.717) is 6.04 Å². The maximum absolute atomic E-state index is 6.07. The minimum Gasteiger partial charge on any atom is -0.372 e. The first-order chi connectivity index (χ1) is 10.0. The Morgan fingerprint density at radius 3 is 2.52 bits per heavy atom. The monoisotopic (exact) mass is 352 g/mol. The van der Waals surface area contributed by atoms with E-state index in [1.54, 1.807) is 0 Å². The van der Waals surface area contributed by atoms with Gasteiger partial charge < -0.3 is 10.6 Å². The molecule has 3 heteroatoms. The van der Waals surface area contributed by atoms with Crippen molar-refractivity contribution in [1.29, 1.82) is 0 Å². The van der Waals surface area contributed by atoms with Gasteiger partial charge in [0.1, 0.15) is 0 Å². The van der Waals surface area contributed by atoms with Crippen LogP contribution in [-0.4, -0.2) is 19.1 Å². The molecule has 0 amide bonds. The number of rotatable bonds is 5. The van der Waals surface area contributed by atoms with Gasteiger partial charge in [-0.25, -0.2) is 0 Å². The summed E-state index contributed by atoms with van der Waals surface area (Å²) in [6.45, 7) is 4.52. The second kappa shape index (κ2) is 7.64. The van der Waals surface area contributed by atoms with Crippen molar-refractivity contribution in [3.05, 3.63) is 28.2 Å². The fraction of sp³-hybridized carbons (Fsp3) is 0.667. The molecule has 1 aromatic rings. The first-order valence-electron chi connectivity index (χ1n) is 8.28. The van der Waals surface area contributed by atoms with E-state index in [1.807, 2.05) is 0 Å². The van der Waals surface area contributed by atoms with Crippen LogP contribution in [0.3, 0.4) is 0 Å². The number of hydrogen-bond acceptors (Lipinski definition) is 2. The van der Waals surface area contributed by atoms with Crippen LogP contribution in [0.1, 0.15) is 51.5 Å². The van der Waals surface area contributed by atoms with Gasteiger partial charge >= 0.3 is 0 Å². The van der Waals surface area contributed by atoms with Crippen LogP contribution in [-0.2, 0) is 6.42 Å². The van der Waals surface area contributed by atoms with Gasteiger partial charge in [0.05, 0.1) is 0 Å². The second-order valence-electron chi connectivity index (χ2n) is 6.67. The third-order valence-corrected chi connectivity index (χ3v) is 5.72. The third-order valence-electron chi connectivity index (χ3n) is 4.98. The van der Waals surface area contributed by atoms with Gasteiger partial charge in [0.2, 0.25) is 0 Å². The number of nitrogens with two attached hydrogens (primary N) is 1. The second-order valence-corrected chi connectivity index (χ2v) is 7.53. The smallest absolute Gasteiger partial charge is 0.0377 e. The van der Waals surface area contributed by atoms with E-state index in [2.05, 4.69) is 59.9 Å². The molecule has 0 aromatic heterocycles. The van der Waals surface area contributed by atoms with Crippen molar-refractivity contribution in [2.75, 3.05) is 11.9 Å². The molecular formula is C18H29BrN2. The summed E-state index contributed by atoms with van der Waals surface area (Å²) in [6, 6.07) is 7.69. The molecule has 0 radical (unpaired) electrons. The molecule has 1 aliphatic rings. The van der Waals surface area contributed by atoms with E-state index < -0.39 is 0 Å². The number of halogens is 1. The summed E-state index contributed by atoms with van der Waals surface area (Å²) >= 11 is 3.72.